The summed E-state index contributed by atoms with van der Waals surface area (Å²) in [4.78, 5) is 0. The van der Waals surface area contributed by atoms with Gasteiger partial charge in [0.15, 0.2) is 18.4 Å². The Balaban J connectivity index is 1.94. The van der Waals surface area contributed by atoms with E-state index in [9.17, 15) is 4.39 Å². The molecule has 0 fully saturated rings. The van der Waals surface area contributed by atoms with Gasteiger partial charge in [-0.2, -0.15) is 0 Å². The zero-order chi connectivity index (χ0) is 15.1. The van der Waals surface area contributed by atoms with Gasteiger partial charge < -0.3 is 9.47 Å². The molecular formula is C18H27FO2. The maximum absolute atomic E-state index is 14.4. The van der Waals surface area contributed by atoms with Gasteiger partial charge in [0.1, 0.15) is 0 Å². The summed E-state index contributed by atoms with van der Waals surface area (Å²) in [7, 11) is 1.54. The lowest BCUT2D eigenvalue weighted by Gasteiger charge is -2.25. The highest BCUT2D eigenvalue weighted by Gasteiger charge is 2.23. The van der Waals surface area contributed by atoms with Crippen molar-refractivity contribution in [2.24, 2.45) is 5.92 Å². The second-order valence-electron chi connectivity index (χ2n) is 6.02. The van der Waals surface area contributed by atoms with E-state index in [0.717, 1.165) is 30.7 Å². The summed E-state index contributed by atoms with van der Waals surface area (Å²) < 4.78 is 24.5. The topological polar surface area (TPSA) is 18.5 Å². The first kappa shape index (κ1) is 16.3. The summed E-state index contributed by atoms with van der Waals surface area (Å²) in [5.41, 5.74) is 2.03. The van der Waals surface area contributed by atoms with Gasteiger partial charge in [0.25, 0.3) is 0 Å². The van der Waals surface area contributed by atoms with E-state index in [1.54, 1.807) is 13.2 Å². The summed E-state index contributed by atoms with van der Waals surface area (Å²) in [6.45, 7) is 2.33. The van der Waals surface area contributed by atoms with Crippen LogP contribution in [0.1, 0.15) is 56.6 Å². The fraction of sp³-hybridized carbons (Fsp3) is 0.667. The highest BCUT2D eigenvalue weighted by molar-refractivity contribution is 5.39. The zero-order valence-electron chi connectivity index (χ0n) is 13.3. The molecular weight excluding hydrogens is 267 g/mol. The number of hydrogen-bond acceptors (Lipinski definition) is 2. The van der Waals surface area contributed by atoms with Crippen molar-refractivity contribution in [2.75, 3.05) is 13.9 Å². The van der Waals surface area contributed by atoms with Crippen LogP contribution in [-0.2, 0) is 17.6 Å². The van der Waals surface area contributed by atoms with Crippen molar-refractivity contribution in [2.45, 2.75) is 58.3 Å². The molecule has 1 unspecified atom stereocenters. The van der Waals surface area contributed by atoms with Crippen LogP contribution in [0.25, 0.3) is 0 Å². The first-order valence-corrected chi connectivity index (χ1v) is 8.18. The molecule has 3 heteroatoms. The molecule has 1 atom stereocenters. The smallest absolute Gasteiger partial charge is 0.188 e. The van der Waals surface area contributed by atoms with Crippen LogP contribution >= 0.6 is 0 Å². The molecule has 0 saturated heterocycles. The SMILES string of the molecule is CCCCCCC1CCc2c(ccc(OCOC)c2F)C1. The molecule has 1 aromatic rings. The number of rotatable bonds is 8. The monoisotopic (exact) mass is 294 g/mol. The van der Waals surface area contributed by atoms with E-state index < -0.39 is 0 Å². The molecule has 2 nitrogen and oxygen atoms in total. The van der Waals surface area contributed by atoms with Crippen molar-refractivity contribution in [1.29, 1.82) is 0 Å². The van der Waals surface area contributed by atoms with Gasteiger partial charge >= 0.3 is 0 Å². The zero-order valence-corrected chi connectivity index (χ0v) is 13.3. The third-order valence-corrected chi connectivity index (χ3v) is 4.41. The second kappa shape index (κ2) is 8.38. The van der Waals surface area contributed by atoms with E-state index in [2.05, 4.69) is 6.92 Å². The molecule has 1 aliphatic rings. The Labute approximate surface area is 127 Å². The van der Waals surface area contributed by atoms with E-state index in [1.165, 1.54) is 37.7 Å². The Bertz CT molecular complexity index is 445. The van der Waals surface area contributed by atoms with Crippen molar-refractivity contribution in [3.63, 3.8) is 0 Å². The molecule has 0 bridgehead atoms. The van der Waals surface area contributed by atoms with Gasteiger partial charge in [0.05, 0.1) is 0 Å². The average molecular weight is 294 g/mol. The summed E-state index contributed by atoms with van der Waals surface area (Å²) in [5, 5.41) is 0. The molecule has 118 valence electrons. The lowest BCUT2D eigenvalue weighted by molar-refractivity contribution is 0.0481. The van der Waals surface area contributed by atoms with Crippen LogP contribution in [0.2, 0.25) is 0 Å². The third-order valence-electron chi connectivity index (χ3n) is 4.41. The molecule has 0 radical (unpaired) electrons. The Morgan fingerprint density at radius 1 is 1.24 bits per heavy atom. The van der Waals surface area contributed by atoms with Crippen molar-refractivity contribution < 1.29 is 13.9 Å². The van der Waals surface area contributed by atoms with Crippen LogP contribution in [0.3, 0.4) is 0 Å². The number of methoxy groups -OCH3 is 1. The molecule has 1 aromatic carbocycles. The quantitative estimate of drug-likeness (QED) is 0.502. The van der Waals surface area contributed by atoms with Crippen LogP contribution in [0, 0.1) is 11.7 Å². The first-order chi connectivity index (χ1) is 10.3. The van der Waals surface area contributed by atoms with Gasteiger partial charge in [-0.05, 0) is 42.4 Å². The molecule has 1 aliphatic carbocycles. The van der Waals surface area contributed by atoms with Gasteiger partial charge in [-0.3, -0.25) is 0 Å². The molecule has 0 N–H and O–H groups in total. The predicted molar refractivity (Wildman–Crippen MR) is 83.2 cm³/mol. The summed E-state index contributed by atoms with van der Waals surface area (Å²) >= 11 is 0. The van der Waals surface area contributed by atoms with Crippen LogP contribution in [0.5, 0.6) is 5.75 Å². The van der Waals surface area contributed by atoms with Crippen LogP contribution < -0.4 is 4.74 Å². The van der Waals surface area contributed by atoms with Crippen molar-refractivity contribution in [1.82, 2.24) is 0 Å². The molecule has 21 heavy (non-hydrogen) atoms. The van der Waals surface area contributed by atoms with Crippen molar-refractivity contribution in [3.05, 3.63) is 29.1 Å². The van der Waals surface area contributed by atoms with E-state index in [0.29, 0.717) is 5.75 Å². The third kappa shape index (κ3) is 4.44. The maximum atomic E-state index is 14.4. The fourth-order valence-corrected chi connectivity index (χ4v) is 3.20. The first-order valence-electron chi connectivity index (χ1n) is 8.18. The molecule has 0 amide bonds. The predicted octanol–water partition coefficient (Wildman–Crippen LogP) is 4.88. The van der Waals surface area contributed by atoms with Crippen LogP contribution in [0.4, 0.5) is 4.39 Å². The largest absolute Gasteiger partial charge is 0.464 e. The number of ether oxygens (including phenoxy) is 2. The van der Waals surface area contributed by atoms with E-state index in [4.69, 9.17) is 9.47 Å². The van der Waals surface area contributed by atoms with E-state index in [-0.39, 0.29) is 12.6 Å². The lowest BCUT2D eigenvalue weighted by Crippen LogP contribution is -2.16. The fourth-order valence-electron chi connectivity index (χ4n) is 3.20. The molecule has 0 aromatic heterocycles. The van der Waals surface area contributed by atoms with Gasteiger partial charge in [-0.25, -0.2) is 4.39 Å². The van der Waals surface area contributed by atoms with Crippen molar-refractivity contribution in [3.8, 4) is 5.75 Å². The molecule has 2 rings (SSSR count). The molecule has 0 heterocycles. The maximum Gasteiger partial charge on any atom is 0.188 e. The van der Waals surface area contributed by atoms with Gasteiger partial charge in [0.2, 0.25) is 0 Å². The van der Waals surface area contributed by atoms with E-state index >= 15 is 0 Å². The summed E-state index contributed by atoms with van der Waals surface area (Å²) in [6.07, 6.45) is 9.49. The Hall–Kier alpha value is -1.09. The highest BCUT2D eigenvalue weighted by atomic mass is 19.1. The van der Waals surface area contributed by atoms with Gasteiger partial charge in [-0.1, -0.05) is 45.1 Å². The summed E-state index contributed by atoms with van der Waals surface area (Å²) in [5.74, 6) is 0.852. The van der Waals surface area contributed by atoms with Crippen LogP contribution in [-0.4, -0.2) is 13.9 Å². The molecule has 0 saturated carbocycles. The minimum absolute atomic E-state index is 0.0930. The van der Waals surface area contributed by atoms with Crippen molar-refractivity contribution >= 4 is 0 Å². The highest BCUT2D eigenvalue weighted by Crippen LogP contribution is 2.34. The number of fused-ring (bicyclic) bond motifs is 1. The normalized spacial score (nSPS) is 17.6. The minimum Gasteiger partial charge on any atom is -0.464 e. The van der Waals surface area contributed by atoms with Gasteiger partial charge in [-0.15, -0.1) is 0 Å². The Morgan fingerprint density at radius 3 is 2.86 bits per heavy atom. The van der Waals surface area contributed by atoms with E-state index in [1.807, 2.05) is 6.07 Å². The van der Waals surface area contributed by atoms with Crippen LogP contribution in [0.15, 0.2) is 12.1 Å². The molecule has 0 aliphatic heterocycles. The Morgan fingerprint density at radius 2 is 2.10 bits per heavy atom. The molecule has 0 spiro atoms. The Kier molecular flexibility index (Phi) is 6.50. The number of halogens is 1. The number of benzene rings is 1. The number of hydrogen-bond donors (Lipinski definition) is 0. The standard InChI is InChI=1S/C18H27FO2/c1-3-4-5-6-7-14-8-10-16-15(12-14)9-11-17(18(16)19)21-13-20-2/h9,11,14H,3-8,10,12-13H2,1-2H3. The minimum atomic E-state index is -0.186. The average Bonchev–Trinajstić information content (AvgIpc) is 2.51. The summed E-state index contributed by atoms with van der Waals surface area (Å²) in [6, 6.07) is 3.77. The second-order valence-corrected chi connectivity index (χ2v) is 6.02. The number of unbranched alkanes of at least 4 members (excludes halogenated alkanes) is 3. The van der Waals surface area contributed by atoms with Gasteiger partial charge in [0, 0.05) is 7.11 Å². The lowest BCUT2D eigenvalue weighted by atomic mass is 9.81.